The van der Waals surface area contributed by atoms with Gasteiger partial charge in [-0.25, -0.2) is 0 Å². The first-order chi connectivity index (χ1) is 11.1. The Morgan fingerprint density at radius 2 is 1.78 bits per heavy atom. The highest BCUT2D eigenvalue weighted by Crippen LogP contribution is 2.34. The number of aromatic nitrogens is 1. The van der Waals surface area contributed by atoms with Crippen molar-refractivity contribution in [3.05, 3.63) is 30.0 Å². The maximum Gasteiger partial charge on any atom is 0.166 e. The maximum atomic E-state index is 12.3. The number of unbranched alkanes of at least 4 members (excludes halogenated alkanes) is 6. The number of rotatable bonds is 9. The first-order valence-electron chi connectivity index (χ1n) is 8.48. The van der Waals surface area contributed by atoms with Crippen LogP contribution in [0.4, 0.5) is 0 Å². The molecule has 0 amide bonds. The van der Waals surface area contributed by atoms with E-state index in [2.05, 4.69) is 11.9 Å². The van der Waals surface area contributed by atoms with Crippen molar-refractivity contribution >= 4 is 16.7 Å². The molecule has 4 nitrogen and oxygen atoms in total. The number of pyridine rings is 1. The van der Waals surface area contributed by atoms with E-state index in [1.807, 2.05) is 0 Å². The number of aromatic hydroxyl groups is 2. The summed E-state index contributed by atoms with van der Waals surface area (Å²) in [5, 5.41) is 20.7. The third-order valence-electron chi connectivity index (χ3n) is 4.15. The van der Waals surface area contributed by atoms with Gasteiger partial charge in [0, 0.05) is 18.0 Å². The predicted molar refractivity (Wildman–Crippen MR) is 92.0 cm³/mol. The Balaban J connectivity index is 1.95. The minimum atomic E-state index is -0.140. The van der Waals surface area contributed by atoms with Gasteiger partial charge in [0.2, 0.25) is 0 Å². The summed E-state index contributed by atoms with van der Waals surface area (Å²) in [5.41, 5.74) is 0.440. The highest BCUT2D eigenvalue weighted by Gasteiger charge is 2.17. The fourth-order valence-electron chi connectivity index (χ4n) is 2.80. The lowest BCUT2D eigenvalue weighted by molar-refractivity contribution is 0.0976. The molecule has 1 aromatic carbocycles. The van der Waals surface area contributed by atoms with Crippen LogP contribution in [0.3, 0.4) is 0 Å². The number of carbonyl (C=O) groups is 1. The number of ketones is 1. The Labute approximate surface area is 137 Å². The standard InChI is InChI=1S/C19H25NO3/c1-2-3-4-5-6-7-8-11-16(21)15-13-17(22)14-10-9-12-20-18(14)19(15)23/h9-10,12-13,22-23H,2-8,11H2,1H3. The van der Waals surface area contributed by atoms with Gasteiger partial charge in [-0.3, -0.25) is 9.78 Å². The number of fused-ring (bicyclic) bond motifs is 1. The van der Waals surface area contributed by atoms with Crippen molar-refractivity contribution in [2.45, 2.75) is 58.3 Å². The van der Waals surface area contributed by atoms with Crippen LogP contribution < -0.4 is 0 Å². The van der Waals surface area contributed by atoms with E-state index in [0.717, 1.165) is 19.3 Å². The lowest BCUT2D eigenvalue weighted by Crippen LogP contribution is -2.00. The fraction of sp³-hybridized carbons (Fsp3) is 0.474. The quantitative estimate of drug-likeness (QED) is 0.389. The summed E-state index contributed by atoms with van der Waals surface area (Å²) in [6.07, 6.45) is 9.88. The third kappa shape index (κ3) is 4.44. The van der Waals surface area contributed by atoms with Crippen molar-refractivity contribution in [1.82, 2.24) is 4.98 Å². The van der Waals surface area contributed by atoms with Gasteiger partial charge in [0.05, 0.1) is 5.56 Å². The summed E-state index contributed by atoms with van der Waals surface area (Å²) in [6, 6.07) is 4.70. The van der Waals surface area contributed by atoms with Crippen LogP contribution in [0.5, 0.6) is 11.5 Å². The van der Waals surface area contributed by atoms with Crippen molar-refractivity contribution in [3.63, 3.8) is 0 Å². The minimum Gasteiger partial charge on any atom is -0.507 e. The number of benzene rings is 1. The summed E-state index contributed by atoms with van der Waals surface area (Å²) in [4.78, 5) is 16.4. The largest absolute Gasteiger partial charge is 0.507 e. The first kappa shape index (κ1) is 17.3. The maximum absolute atomic E-state index is 12.3. The van der Waals surface area contributed by atoms with Crippen molar-refractivity contribution in [1.29, 1.82) is 0 Å². The van der Waals surface area contributed by atoms with E-state index in [9.17, 15) is 15.0 Å². The topological polar surface area (TPSA) is 70.4 Å². The Morgan fingerprint density at radius 1 is 1.09 bits per heavy atom. The molecule has 2 rings (SSSR count). The van der Waals surface area contributed by atoms with Gasteiger partial charge in [-0.05, 0) is 24.6 Å². The second-order valence-corrected chi connectivity index (χ2v) is 5.99. The number of phenolic OH excluding ortho intramolecular Hbond substituents is 2. The molecule has 0 unspecified atom stereocenters. The molecule has 0 radical (unpaired) electrons. The van der Waals surface area contributed by atoms with Gasteiger partial charge < -0.3 is 10.2 Å². The molecular formula is C19H25NO3. The predicted octanol–water partition coefficient (Wildman–Crippen LogP) is 4.97. The Hall–Kier alpha value is -2.10. The SMILES string of the molecule is CCCCCCCCCC(=O)c1cc(O)c2cccnc2c1O. The number of carbonyl (C=O) groups excluding carboxylic acids is 1. The molecule has 23 heavy (non-hydrogen) atoms. The Bertz CT molecular complexity index is 667. The van der Waals surface area contributed by atoms with Gasteiger partial charge in [-0.1, -0.05) is 45.4 Å². The van der Waals surface area contributed by atoms with Crippen LogP contribution in [0.15, 0.2) is 24.4 Å². The van der Waals surface area contributed by atoms with Crippen molar-refractivity contribution in [2.75, 3.05) is 0 Å². The smallest absolute Gasteiger partial charge is 0.166 e. The van der Waals surface area contributed by atoms with Crippen molar-refractivity contribution in [2.24, 2.45) is 0 Å². The molecule has 0 fully saturated rings. The lowest BCUT2D eigenvalue weighted by Gasteiger charge is -2.08. The average Bonchev–Trinajstić information content (AvgIpc) is 2.57. The van der Waals surface area contributed by atoms with Crippen molar-refractivity contribution < 1.29 is 15.0 Å². The zero-order valence-electron chi connectivity index (χ0n) is 13.7. The van der Waals surface area contributed by atoms with Crippen LogP contribution >= 0.6 is 0 Å². The Kier molecular flexibility index (Phi) is 6.39. The first-order valence-corrected chi connectivity index (χ1v) is 8.48. The highest BCUT2D eigenvalue weighted by molar-refractivity contribution is 6.05. The van der Waals surface area contributed by atoms with Gasteiger partial charge in [-0.15, -0.1) is 0 Å². The number of hydrogen-bond acceptors (Lipinski definition) is 4. The number of phenols is 2. The molecule has 2 aromatic rings. The molecule has 0 saturated carbocycles. The monoisotopic (exact) mass is 315 g/mol. The third-order valence-corrected chi connectivity index (χ3v) is 4.15. The Morgan fingerprint density at radius 3 is 2.52 bits per heavy atom. The number of nitrogens with zero attached hydrogens (tertiary/aromatic N) is 1. The molecule has 0 aliphatic rings. The summed E-state index contributed by atoms with van der Waals surface area (Å²) in [6.45, 7) is 2.19. The van der Waals surface area contributed by atoms with Gasteiger partial charge in [0.15, 0.2) is 11.5 Å². The van der Waals surface area contributed by atoms with Gasteiger partial charge >= 0.3 is 0 Å². The van der Waals surface area contributed by atoms with Crippen LogP contribution in [0, 0.1) is 0 Å². The van der Waals surface area contributed by atoms with E-state index in [1.54, 1.807) is 12.1 Å². The molecule has 0 aliphatic carbocycles. The van der Waals surface area contributed by atoms with Gasteiger partial charge in [0.25, 0.3) is 0 Å². The fourth-order valence-corrected chi connectivity index (χ4v) is 2.80. The average molecular weight is 315 g/mol. The van der Waals surface area contributed by atoms with Crippen molar-refractivity contribution in [3.8, 4) is 11.5 Å². The van der Waals surface area contributed by atoms with Crippen LogP contribution in [-0.2, 0) is 0 Å². The molecule has 4 heteroatoms. The van der Waals surface area contributed by atoms with Gasteiger partial charge in [-0.2, -0.15) is 0 Å². The molecule has 1 heterocycles. The molecular weight excluding hydrogens is 290 g/mol. The second kappa shape index (κ2) is 8.51. The highest BCUT2D eigenvalue weighted by atomic mass is 16.3. The molecule has 0 saturated heterocycles. The lowest BCUT2D eigenvalue weighted by atomic mass is 10.00. The summed E-state index contributed by atoms with van der Waals surface area (Å²) in [5.74, 6) is -0.293. The number of hydrogen-bond donors (Lipinski definition) is 2. The van der Waals surface area contributed by atoms with Crippen LogP contribution in [0.2, 0.25) is 0 Å². The molecule has 0 bridgehead atoms. The van der Waals surface area contributed by atoms with E-state index >= 15 is 0 Å². The van der Waals surface area contributed by atoms with Crippen LogP contribution in [0.25, 0.3) is 10.9 Å². The summed E-state index contributed by atoms with van der Waals surface area (Å²) in [7, 11) is 0. The normalized spacial score (nSPS) is 11.0. The summed E-state index contributed by atoms with van der Waals surface area (Å²) >= 11 is 0. The van der Waals surface area contributed by atoms with Crippen LogP contribution in [0.1, 0.15) is 68.6 Å². The number of Topliss-reactive ketones (excluding diaryl/α,β-unsaturated/α-hetero) is 1. The molecule has 0 atom stereocenters. The van der Waals surface area contributed by atoms with E-state index in [0.29, 0.717) is 11.8 Å². The molecule has 0 spiro atoms. The zero-order valence-corrected chi connectivity index (χ0v) is 13.7. The molecule has 124 valence electrons. The van der Waals surface area contributed by atoms with E-state index in [4.69, 9.17) is 0 Å². The summed E-state index contributed by atoms with van der Waals surface area (Å²) < 4.78 is 0. The molecule has 1 aromatic heterocycles. The van der Waals surface area contributed by atoms with E-state index in [1.165, 1.54) is 37.9 Å². The van der Waals surface area contributed by atoms with Gasteiger partial charge in [0.1, 0.15) is 11.3 Å². The second-order valence-electron chi connectivity index (χ2n) is 5.99. The minimum absolute atomic E-state index is 0.0196. The van der Waals surface area contributed by atoms with E-state index in [-0.39, 0.29) is 28.4 Å². The van der Waals surface area contributed by atoms with Crippen LogP contribution in [-0.4, -0.2) is 21.0 Å². The van der Waals surface area contributed by atoms with E-state index < -0.39 is 0 Å². The molecule has 0 aliphatic heterocycles. The molecule has 2 N–H and O–H groups in total. The zero-order chi connectivity index (χ0) is 16.7.